The van der Waals surface area contributed by atoms with Gasteiger partial charge in [0.05, 0.1) is 36.5 Å². The number of hydrogen-bond acceptors (Lipinski definition) is 2. The van der Waals surface area contributed by atoms with Crippen molar-refractivity contribution in [3.8, 4) is 11.5 Å². The second-order valence-electron chi connectivity index (χ2n) is 15.0. The zero-order valence-corrected chi connectivity index (χ0v) is 36.4. The van der Waals surface area contributed by atoms with Crippen LogP contribution in [0, 0.1) is 58.8 Å². The average molecular weight is 926 g/mol. The first-order valence-corrected chi connectivity index (χ1v) is 21.8. The Morgan fingerprint density at radius 3 is 1.19 bits per heavy atom. The highest BCUT2D eigenvalue weighted by atomic mass is 31.1. The normalized spacial score (nSPS) is 15.1. The highest BCUT2D eigenvalue weighted by Crippen LogP contribution is 2.55. The van der Waals surface area contributed by atoms with Gasteiger partial charge in [-0.1, -0.05) is 31.2 Å². The van der Waals surface area contributed by atoms with Crippen LogP contribution in [0.4, 0.5) is 52.7 Å². The summed E-state index contributed by atoms with van der Waals surface area (Å²) in [5.41, 5.74) is -4.35. The molecule has 5 aromatic rings. The van der Waals surface area contributed by atoms with Crippen LogP contribution in [-0.2, 0) is 24.7 Å². The summed E-state index contributed by atoms with van der Waals surface area (Å²) >= 11 is 0. The van der Waals surface area contributed by atoms with Crippen molar-refractivity contribution in [2.24, 2.45) is 0 Å². The molecule has 16 heteroatoms. The summed E-state index contributed by atoms with van der Waals surface area (Å²) in [4.78, 5) is 0. The van der Waals surface area contributed by atoms with Crippen LogP contribution in [0.2, 0.25) is 0 Å². The third kappa shape index (κ3) is 10.2. The summed E-state index contributed by atoms with van der Waals surface area (Å²) in [6.45, 7) is 8.98. The highest BCUT2D eigenvalue weighted by molar-refractivity contribution is 7.80. The van der Waals surface area contributed by atoms with Gasteiger partial charge in [0.2, 0.25) is 0 Å². The molecule has 1 aliphatic carbocycles. The SMILES string of the molecule is COc1c(C)cc(P(c2cc(C)c(OC)c(C)c2)c2ccccc2[C]2[CH][CH][CH][C]2[C@H](C)P(c2cc(C(F)(F)F)cc(C(F)(F)F)c2)c2cc(C(F)(F)F)cc(C(F)(F)F)c2)cc1C. The lowest BCUT2D eigenvalue weighted by Gasteiger charge is -2.35. The number of aryl methyl sites for hydroxylation is 4. The molecule has 0 heterocycles. The van der Waals surface area contributed by atoms with E-state index in [-0.39, 0.29) is 18.1 Å². The quantitative estimate of drug-likeness (QED) is 0.103. The number of alkyl halides is 12. The summed E-state index contributed by atoms with van der Waals surface area (Å²) in [5, 5.41) is 1.12. The van der Waals surface area contributed by atoms with Gasteiger partial charge < -0.3 is 9.47 Å². The smallest absolute Gasteiger partial charge is 0.416 e. The molecule has 0 aromatic heterocycles. The van der Waals surface area contributed by atoms with E-state index >= 15 is 0 Å². The summed E-state index contributed by atoms with van der Waals surface area (Å²) < 4.78 is 183. The Balaban J connectivity index is 1.60. The van der Waals surface area contributed by atoms with Gasteiger partial charge in [0, 0.05) is 5.92 Å². The fourth-order valence-electron chi connectivity index (χ4n) is 8.01. The maximum atomic E-state index is 14.3. The molecule has 333 valence electrons. The van der Waals surface area contributed by atoms with E-state index in [4.69, 9.17) is 9.47 Å². The number of benzene rings is 5. The number of methoxy groups -OCH3 is 2. The van der Waals surface area contributed by atoms with E-state index in [1.54, 1.807) is 39.2 Å². The minimum atomic E-state index is -5.36. The van der Waals surface area contributed by atoms with Crippen LogP contribution >= 0.6 is 15.8 Å². The van der Waals surface area contributed by atoms with Crippen molar-refractivity contribution < 1.29 is 62.2 Å². The number of hydrogen-bond donors (Lipinski definition) is 0. The molecule has 1 fully saturated rings. The maximum absolute atomic E-state index is 14.3. The second kappa shape index (κ2) is 17.9. The predicted molar refractivity (Wildman–Crippen MR) is 224 cm³/mol. The molecular weight excluding hydrogens is 886 g/mol. The molecule has 0 N–H and O–H groups in total. The van der Waals surface area contributed by atoms with E-state index in [1.165, 1.54) is 13.3 Å². The molecule has 1 atom stereocenters. The van der Waals surface area contributed by atoms with Crippen LogP contribution in [0.1, 0.15) is 57.0 Å². The van der Waals surface area contributed by atoms with E-state index < -0.39 is 79.1 Å². The minimum Gasteiger partial charge on any atom is -0.496 e. The summed E-state index contributed by atoms with van der Waals surface area (Å²) in [6.07, 6.45) is -16.6. The monoisotopic (exact) mass is 925 g/mol. The van der Waals surface area contributed by atoms with Crippen LogP contribution in [-0.4, -0.2) is 19.9 Å². The van der Waals surface area contributed by atoms with Gasteiger partial charge >= 0.3 is 24.7 Å². The van der Waals surface area contributed by atoms with Gasteiger partial charge in [0.25, 0.3) is 0 Å². The average Bonchev–Trinajstić information content (AvgIpc) is 3.67. The lowest BCUT2D eigenvalue weighted by atomic mass is 9.87. The van der Waals surface area contributed by atoms with Crippen LogP contribution in [0.15, 0.2) is 84.9 Å². The molecule has 2 nitrogen and oxygen atoms in total. The van der Waals surface area contributed by atoms with E-state index in [9.17, 15) is 52.7 Å². The fraction of sp³-hybridized carbons (Fsp3) is 0.255. The van der Waals surface area contributed by atoms with Gasteiger partial charge in [-0.15, -0.1) is 0 Å². The topological polar surface area (TPSA) is 18.5 Å². The summed E-state index contributed by atoms with van der Waals surface area (Å²) in [7, 11) is -1.25. The molecule has 0 saturated heterocycles. The van der Waals surface area contributed by atoms with Crippen molar-refractivity contribution in [3.05, 3.63) is 166 Å². The van der Waals surface area contributed by atoms with Gasteiger partial charge in [-0.2, -0.15) is 52.7 Å². The number of ether oxygens (including phenoxy) is 2. The van der Waals surface area contributed by atoms with E-state index in [0.717, 1.165) is 38.2 Å². The number of halogens is 12. The number of rotatable bonds is 10. The van der Waals surface area contributed by atoms with E-state index in [2.05, 4.69) is 0 Å². The molecule has 0 aliphatic heterocycles. The van der Waals surface area contributed by atoms with E-state index in [1.807, 2.05) is 64.1 Å². The van der Waals surface area contributed by atoms with Gasteiger partial charge in [-0.05, 0) is 189 Å². The zero-order chi connectivity index (χ0) is 46.6. The largest absolute Gasteiger partial charge is 0.496 e. The maximum Gasteiger partial charge on any atom is 0.416 e. The minimum absolute atomic E-state index is 0.132. The fourth-order valence-corrected chi connectivity index (χ4v) is 13.6. The van der Waals surface area contributed by atoms with Crippen molar-refractivity contribution >= 4 is 42.4 Å². The molecule has 0 spiro atoms. The lowest BCUT2D eigenvalue weighted by Crippen LogP contribution is -2.31. The molecule has 1 aliphatic rings. The van der Waals surface area contributed by atoms with Crippen molar-refractivity contribution in [2.75, 3.05) is 14.2 Å². The summed E-state index contributed by atoms with van der Waals surface area (Å²) in [5.74, 6) is 2.07. The van der Waals surface area contributed by atoms with Gasteiger partial charge in [0.1, 0.15) is 11.5 Å². The molecule has 0 bridgehead atoms. The molecule has 0 unspecified atom stereocenters. The molecule has 63 heavy (non-hydrogen) atoms. The summed E-state index contributed by atoms with van der Waals surface area (Å²) in [6, 6.07) is 16.4. The van der Waals surface area contributed by atoms with Crippen molar-refractivity contribution in [3.63, 3.8) is 0 Å². The Bertz CT molecular complexity index is 2230. The van der Waals surface area contributed by atoms with Crippen LogP contribution in [0.5, 0.6) is 11.5 Å². The van der Waals surface area contributed by atoms with Crippen molar-refractivity contribution in [1.82, 2.24) is 0 Å². The van der Waals surface area contributed by atoms with Gasteiger partial charge in [0.15, 0.2) is 0 Å². The van der Waals surface area contributed by atoms with Crippen molar-refractivity contribution in [1.29, 1.82) is 0 Å². The highest BCUT2D eigenvalue weighted by Gasteiger charge is 2.45. The van der Waals surface area contributed by atoms with Gasteiger partial charge in [-0.3, -0.25) is 0 Å². The van der Waals surface area contributed by atoms with E-state index in [0.29, 0.717) is 47.2 Å². The first kappa shape index (κ1) is 48.2. The Morgan fingerprint density at radius 1 is 0.476 bits per heavy atom. The molecule has 6 rings (SSSR count). The molecular formula is C47H39F12O2P2. The third-order valence-electron chi connectivity index (χ3n) is 10.6. The van der Waals surface area contributed by atoms with Crippen LogP contribution in [0.3, 0.4) is 0 Å². The van der Waals surface area contributed by atoms with Crippen LogP contribution in [0.25, 0.3) is 0 Å². The molecule has 0 amide bonds. The van der Waals surface area contributed by atoms with Crippen LogP contribution < -0.4 is 36.0 Å². The lowest BCUT2D eigenvalue weighted by molar-refractivity contribution is -0.144. The van der Waals surface area contributed by atoms with Gasteiger partial charge in [-0.25, -0.2) is 0 Å². The molecule has 5 aromatic carbocycles. The van der Waals surface area contributed by atoms with Crippen molar-refractivity contribution in [2.45, 2.75) is 65.0 Å². The third-order valence-corrected chi connectivity index (χ3v) is 15.7. The first-order chi connectivity index (χ1) is 29.2. The second-order valence-corrected chi connectivity index (χ2v) is 19.8. The Morgan fingerprint density at radius 2 is 0.841 bits per heavy atom. The Kier molecular flexibility index (Phi) is 13.7. The molecule has 1 saturated carbocycles. The predicted octanol–water partition coefficient (Wildman–Crippen LogP) is 12.4. The zero-order valence-electron chi connectivity index (χ0n) is 34.6. The Hall–Kier alpha value is -4.28. The Labute approximate surface area is 360 Å². The first-order valence-electron chi connectivity index (χ1n) is 19.1. The standard InChI is InChI=1S/C47H39F12O2P2/c1-25-15-34(16-26(2)42(25)60-6)63(35-17-27(3)43(61-7)28(4)18-35)41-14-9-8-11-40(41)39-13-10-12-38(39)29(5)62(36-21-30(44(48,49)50)19-31(22-36)45(51,52)53)37-23-32(46(54,55)56)20-33(24-37)47(57,58)59/h8-24,29H,1-7H3/t29-/m0/s1. The molecule has 5 radical (unpaired) electrons.